The average molecular weight is 246 g/mol. The first kappa shape index (κ1) is 11.3. The third kappa shape index (κ3) is 1.99. The summed E-state index contributed by atoms with van der Waals surface area (Å²) in [5.41, 5.74) is 7.69. The lowest BCUT2D eigenvalue weighted by molar-refractivity contribution is 0.208. The predicted molar refractivity (Wildman–Crippen MR) is 66.8 cm³/mol. The van der Waals surface area contributed by atoms with Crippen molar-refractivity contribution in [3.63, 3.8) is 0 Å². The van der Waals surface area contributed by atoms with Crippen LogP contribution in [0.5, 0.6) is 5.75 Å². The highest BCUT2D eigenvalue weighted by atomic mass is 19.1. The van der Waals surface area contributed by atoms with E-state index < -0.39 is 0 Å². The molecule has 2 aromatic rings. The van der Waals surface area contributed by atoms with Gasteiger partial charge < -0.3 is 15.0 Å². The molecule has 0 bridgehead atoms. The van der Waals surface area contributed by atoms with Gasteiger partial charge in [0.05, 0.1) is 6.54 Å². The van der Waals surface area contributed by atoms with E-state index in [2.05, 4.69) is 4.57 Å². The maximum atomic E-state index is 13.1. The van der Waals surface area contributed by atoms with Crippen molar-refractivity contribution in [2.75, 3.05) is 0 Å². The molecular formula is C14H15FN2O. The molecule has 1 aliphatic rings. The predicted octanol–water partition coefficient (Wildman–Crippen LogP) is 2.09. The Balaban J connectivity index is 1.75. The van der Waals surface area contributed by atoms with Crippen LogP contribution in [0.1, 0.15) is 11.3 Å². The summed E-state index contributed by atoms with van der Waals surface area (Å²) in [4.78, 5) is 0. The molecule has 1 aliphatic heterocycles. The number of hydrogen-bond donors (Lipinski definition) is 1. The van der Waals surface area contributed by atoms with Gasteiger partial charge >= 0.3 is 0 Å². The van der Waals surface area contributed by atoms with E-state index in [9.17, 15) is 4.39 Å². The van der Waals surface area contributed by atoms with Gasteiger partial charge in [0.15, 0.2) is 0 Å². The Kier molecular flexibility index (Phi) is 2.80. The second-order valence-corrected chi connectivity index (χ2v) is 4.55. The van der Waals surface area contributed by atoms with E-state index in [1.54, 1.807) is 12.1 Å². The average Bonchev–Trinajstić information content (AvgIpc) is 2.94. The zero-order valence-corrected chi connectivity index (χ0v) is 9.97. The van der Waals surface area contributed by atoms with Crippen LogP contribution < -0.4 is 10.5 Å². The maximum Gasteiger partial charge on any atom is 0.123 e. The topological polar surface area (TPSA) is 40.2 Å². The number of rotatable bonds is 3. The van der Waals surface area contributed by atoms with E-state index >= 15 is 0 Å². The zero-order chi connectivity index (χ0) is 12.5. The second kappa shape index (κ2) is 4.46. The van der Waals surface area contributed by atoms with Crippen molar-refractivity contribution in [1.82, 2.24) is 4.57 Å². The number of ether oxygens (including phenoxy) is 1. The van der Waals surface area contributed by atoms with Gasteiger partial charge in [0, 0.05) is 30.4 Å². The number of hydrogen-bond acceptors (Lipinski definition) is 2. The number of halogens is 1. The van der Waals surface area contributed by atoms with Gasteiger partial charge in [-0.2, -0.15) is 0 Å². The summed E-state index contributed by atoms with van der Waals surface area (Å²) in [6, 6.07) is 8.66. The Labute approximate surface area is 105 Å². The van der Waals surface area contributed by atoms with Crippen LogP contribution in [-0.4, -0.2) is 10.7 Å². The van der Waals surface area contributed by atoms with E-state index in [0.29, 0.717) is 6.54 Å². The quantitative estimate of drug-likeness (QED) is 0.900. The highest BCUT2D eigenvalue weighted by molar-refractivity contribution is 5.37. The van der Waals surface area contributed by atoms with E-state index in [0.717, 1.165) is 30.0 Å². The van der Waals surface area contributed by atoms with E-state index in [-0.39, 0.29) is 11.9 Å². The minimum atomic E-state index is -0.207. The van der Waals surface area contributed by atoms with Crippen LogP contribution in [0.3, 0.4) is 0 Å². The number of aromatic nitrogens is 1. The molecule has 1 aromatic heterocycles. The maximum absolute atomic E-state index is 13.1. The molecule has 2 heterocycles. The Morgan fingerprint density at radius 1 is 1.39 bits per heavy atom. The molecule has 4 heteroatoms. The second-order valence-electron chi connectivity index (χ2n) is 4.55. The number of benzene rings is 1. The van der Waals surface area contributed by atoms with E-state index in [4.69, 9.17) is 10.5 Å². The Morgan fingerprint density at radius 3 is 3.11 bits per heavy atom. The Hall–Kier alpha value is -1.81. The molecular weight excluding hydrogens is 231 g/mol. The third-order valence-electron chi connectivity index (χ3n) is 3.30. The molecule has 0 saturated heterocycles. The number of fused-ring (bicyclic) bond motifs is 1. The van der Waals surface area contributed by atoms with Crippen molar-refractivity contribution in [3.8, 4) is 5.75 Å². The van der Waals surface area contributed by atoms with Gasteiger partial charge in [-0.05, 0) is 30.3 Å². The summed E-state index contributed by atoms with van der Waals surface area (Å²) < 4.78 is 21.0. The minimum Gasteiger partial charge on any atom is -0.488 e. The lowest BCUT2D eigenvalue weighted by Crippen LogP contribution is -2.22. The molecule has 0 amide bonds. The molecule has 94 valence electrons. The van der Waals surface area contributed by atoms with E-state index in [1.807, 2.05) is 18.3 Å². The SMILES string of the molecule is NCc1cccn1CC1Cc2cc(F)ccc2O1. The van der Waals surface area contributed by atoms with Crippen LogP contribution in [-0.2, 0) is 19.5 Å². The first-order valence-electron chi connectivity index (χ1n) is 6.05. The van der Waals surface area contributed by atoms with Crippen molar-refractivity contribution in [1.29, 1.82) is 0 Å². The molecule has 0 fully saturated rings. The fourth-order valence-corrected chi connectivity index (χ4v) is 2.42. The van der Waals surface area contributed by atoms with Crippen LogP contribution >= 0.6 is 0 Å². The van der Waals surface area contributed by atoms with Gasteiger partial charge in [0.1, 0.15) is 17.7 Å². The van der Waals surface area contributed by atoms with Gasteiger partial charge in [0.25, 0.3) is 0 Å². The van der Waals surface area contributed by atoms with Gasteiger partial charge in [-0.1, -0.05) is 0 Å². The molecule has 1 aromatic carbocycles. The van der Waals surface area contributed by atoms with E-state index in [1.165, 1.54) is 6.07 Å². The first-order chi connectivity index (χ1) is 8.76. The third-order valence-corrected chi connectivity index (χ3v) is 3.30. The molecule has 0 radical (unpaired) electrons. The van der Waals surface area contributed by atoms with Crippen molar-refractivity contribution < 1.29 is 9.13 Å². The molecule has 3 rings (SSSR count). The van der Waals surface area contributed by atoms with Crippen molar-refractivity contribution in [2.45, 2.75) is 25.6 Å². The highest BCUT2D eigenvalue weighted by Crippen LogP contribution is 2.30. The molecule has 0 saturated carbocycles. The molecule has 18 heavy (non-hydrogen) atoms. The smallest absolute Gasteiger partial charge is 0.123 e. The monoisotopic (exact) mass is 246 g/mol. The summed E-state index contributed by atoms with van der Waals surface area (Å²) in [5, 5.41) is 0. The van der Waals surface area contributed by atoms with Crippen LogP contribution in [0.4, 0.5) is 4.39 Å². The lowest BCUT2D eigenvalue weighted by atomic mass is 10.1. The summed E-state index contributed by atoms with van der Waals surface area (Å²) in [6.45, 7) is 1.26. The largest absolute Gasteiger partial charge is 0.488 e. The Morgan fingerprint density at radius 2 is 2.28 bits per heavy atom. The lowest BCUT2D eigenvalue weighted by Gasteiger charge is -2.14. The molecule has 0 aliphatic carbocycles. The summed E-state index contributed by atoms with van der Waals surface area (Å²) >= 11 is 0. The molecule has 3 nitrogen and oxygen atoms in total. The Bertz CT molecular complexity index is 565. The highest BCUT2D eigenvalue weighted by Gasteiger charge is 2.23. The van der Waals surface area contributed by atoms with Crippen LogP contribution in [0.25, 0.3) is 0 Å². The molecule has 1 unspecified atom stereocenters. The number of nitrogens with zero attached hydrogens (tertiary/aromatic N) is 1. The van der Waals surface area contributed by atoms with Crippen molar-refractivity contribution >= 4 is 0 Å². The van der Waals surface area contributed by atoms with Gasteiger partial charge in [-0.15, -0.1) is 0 Å². The van der Waals surface area contributed by atoms with Gasteiger partial charge in [-0.3, -0.25) is 0 Å². The molecule has 0 spiro atoms. The standard InChI is InChI=1S/C14H15FN2O/c15-11-3-4-14-10(6-11)7-13(18-14)9-17-5-1-2-12(17)8-16/h1-6,13H,7-9,16H2. The summed E-state index contributed by atoms with van der Waals surface area (Å²) in [5.74, 6) is 0.587. The van der Waals surface area contributed by atoms with Crippen LogP contribution in [0, 0.1) is 5.82 Å². The normalized spacial score (nSPS) is 17.6. The fraction of sp³-hybridized carbons (Fsp3) is 0.286. The fourth-order valence-electron chi connectivity index (χ4n) is 2.42. The molecule has 1 atom stereocenters. The zero-order valence-electron chi connectivity index (χ0n) is 9.97. The van der Waals surface area contributed by atoms with Gasteiger partial charge in [-0.25, -0.2) is 4.39 Å². The summed E-state index contributed by atoms with van der Waals surface area (Å²) in [7, 11) is 0. The number of nitrogens with two attached hydrogens (primary N) is 1. The van der Waals surface area contributed by atoms with Crippen LogP contribution in [0.15, 0.2) is 36.5 Å². The minimum absolute atomic E-state index is 0.0551. The van der Waals surface area contributed by atoms with Crippen molar-refractivity contribution in [2.24, 2.45) is 5.73 Å². The summed E-state index contributed by atoms with van der Waals surface area (Å²) in [6.07, 6.45) is 2.80. The van der Waals surface area contributed by atoms with Gasteiger partial charge in [0.2, 0.25) is 0 Å². The molecule has 2 N–H and O–H groups in total. The first-order valence-corrected chi connectivity index (χ1v) is 6.05. The van der Waals surface area contributed by atoms with Crippen molar-refractivity contribution in [3.05, 3.63) is 53.6 Å². The van der Waals surface area contributed by atoms with Crippen LogP contribution in [0.2, 0.25) is 0 Å².